The lowest BCUT2D eigenvalue weighted by Gasteiger charge is -2.27. The predicted octanol–water partition coefficient (Wildman–Crippen LogP) is 22.6. The van der Waals surface area contributed by atoms with Crippen molar-refractivity contribution in [1.82, 2.24) is 5.32 Å². The maximum absolute atomic E-state index is 13.6. The molecule has 0 aromatic rings. The number of carbonyl (C=O) groups excluding carboxylic acids is 2. The van der Waals surface area contributed by atoms with Crippen molar-refractivity contribution in [2.24, 2.45) is 0 Å². The number of rotatable bonds is 65. The van der Waals surface area contributed by atoms with Crippen molar-refractivity contribution in [1.29, 1.82) is 0 Å². The summed E-state index contributed by atoms with van der Waals surface area (Å²) in [7, 11) is 1.50. The first-order valence-corrected chi connectivity index (χ1v) is 37.1. The van der Waals surface area contributed by atoms with Crippen LogP contribution in [0.25, 0.3) is 0 Å². The van der Waals surface area contributed by atoms with Crippen LogP contribution >= 0.6 is 7.82 Å². The summed E-state index contributed by atoms with van der Waals surface area (Å²) in [6.45, 7) is 7.01. The van der Waals surface area contributed by atoms with Gasteiger partial charge in [-0.2, -0.15) is 0 Å². The van der Waals surface area contributed by atoms with E-state index in [1.165, 1.54) is 238 Å². The molecule has 9 nitrogen and oxygen atoms in total. The minimum atomic E-state index is -4.46. The number of esters is 1. The van der Waals surface area contributed by atoms with E-state index in [1.807, 2.05) is 33.3 Å². The molecule has 3 atom stereocenters. The summed E-state index contributed by atoms with van der Waals surface area (Å²) in [4.78, 5) is 37.9. The quantitative estimate of drug-likeness (QED) is 0.0205. The molecule has 0 saturated heterocycles. The molecule has 0 bridgehead atoms. The van der Waals surface area contributed by atoms with Crippen LogP contribution in [-0.4, -0.2) is 74.3 Å². The number of phosphoric acid groups is 1. The third kappa shape index (κ3) is 64.0. The summed E-state index contributed by atoms with van der Waals surface area (Å²) in [5.41, 5.74) is 0. The highest BCUT2D eigenvalue weighted by atomic mass is 31.2. The molecule has 0 aromatic carbocycles. The number of likely N-dealkylation sites (N-methyl/N-ethyl adjacent to an activating group) is 1. The average molecular weight is 1190 g/mol. The molecule has 0 aliphatic heterocycles. The maximum atomic E-state index is 13.6. The fourth-order valence-electron chi connectivity index (χ4n) is 10.4. The van der Waals surface area contributed by atoms with Crippen LogP contribution in [0.4, 0.5) is 0 Å². The molecule has 0 saturated carbocycles. The first-order chi connectivity index (χ1) is 40.4. The van der Waals surface area contributed by atoms with E-state index in [4.69, 9.17) is 13.8 Å². The predicted molar refractivity (Wildman–Crippen MR) is 360 cm³/mol. The molecular weight excluding hydrogens is 1050 g/mol. The van der Waals surface area contributed by atoms with Crippen LogP contribution in [0.15, 0.2) is 60.8 Å². The standard InChI is InChI=1S/C73H137N2O7P/c1-7-10-13-16-19-22-25-28-30-32-34-36-37-39-41-43-45-48-51-54-57-60-63-66-73(77)82-71(64-61-58-55-52-49-46-27-24-21-18-15-12-9-3)70(69-81-83(78,79)80-68-67-75(4,5)6)74-72(76)65-62-59-56-53-50-47-44-42-40-38-35-33-31-29-26-23-20-17-14-11-8-2/h19-20,22-23,28-31,61,64,70-71H,7-18,21,24-27,32-60,62-63,65-69H2,1-6H3,(H-,74,76,78,79)/p+1/b22-19-,23-20-,30-28-,31-29-,64-61+. The molecule has 0 radical (unpaired) electrons. The van der Waals surface area contributed by atoms with Gasteiger partial charge in [0.2, 0.25) is 5.91 Å². The van der Waals surface area contributed by atoms with Gasteiger partial charge in [-0.25, -0.2) is 4.57 Å². The maximum Gasteiger partial charge on any atom is 0.472 e. The van der Waals surface area contributed by atoms with Crippen LogP contribution in [-0.2, 0) is 27.9 Å². The van der Waals surface area contributed by atoms with Crippen LogP contribution < -0.4 is 5.32 Å². The number of nitrogens with zero attached hydrogens (tertiary/aromatic N) is 1. The number of quaternary nitrogens is 1. The van der Waals surface area contributed by atoms with Gasteiger partial charge in [-0.15, -0.1) is 0 Å². The minimum absolute atomic E-state index is 0.0400. The van der Waals surface area contributed by atoms with Gasteiger partial charge in [-0.05, 0) is 96.0 Å². The third-order valence-corrected chi connectivity index (χ3v) is 16.9. The summed E-state index contributed by atoms with van der Waals surface area (Å²) in [6.07, 6.45) is 80.8. The summed E-state index contributed by atoms with van der Waals surface area (Å²) < 4.78 is 30.9. The van der Waals surface area contributed by atoms with Gasteiger partial charge in [0.15, 0.2) is 0 Å². The minimum Gasteiger partial charge on any atom is -0.456 e. The molecule has 1 amide bonds. The molecule has 0 rings (SSSR count). The molecule has 0 heterocycles. The normalized spacial score (nSPS) is 13.9. The number of hydrogen-bond donors (Lipinski definition) is 2. The first kappa shape index (κ1) is 80.7. The number of ether oxygens (including phenoxy) is 1. The summed E-state index contributed by atoms with van der Waals surface area (Å²) in [5.74, 6) is -0.495. The lowest BCUT2D eigenvalue weighted by molar-refractivity contribution is -0.870. The summed E-state index contributed by atoms with van der Waals surface area (Å²) in [6, 6.07) is -0.851. The second kappa shape index (κ2) is 62.8. The van der Waals surface area contributed by atoms with Gasteiger partial charge in [0.1, 0.15) is 19.3 Å². The SMILES string of the molecule is CCCCC/C=C\C/C=C\CCCCCCCCCCCCCCCC(=O)OC(/C=C/CCCCCCCCCCCCC)C(COP(=O)(O)OCC[N+](C)(C)C)NC(=O)CCCCCCCCCCCCC/C=C\C/C=C\CCCCC. The second-order valence-corrected chi connectivity index (χ2v) is 26.9. The average Bonchev–Trinajstić information content (AvgIpc) is 3.47. The van der Waals surface area contributed by atoms with E-state index >= 15 is 0 Å². The van der Waals surface area contributed by atoms with E-state index in [1.54, 1.807) is 0 Å². The highest BCUT2D eigenvalue weighted by Gasteiger charge is 2.30. The van der Waals surface area contributed by atoms with Gasteiger partial charge < -0.3 is 19.4 Å². The van der Waals surface area contributed by atoms with Crippen molar-refractivity contribution < 1.29 is 37.3 Å². The van der Waals surface area contributed by atoms with Crippen LogP contribution in [0.5, 0.6) is 0 Å². The number of hydrogen-bond acceptors (Lipinski definition) is 6. The fourth-order valence-corrected chi connectivity index (χ4v) is 11.2. The van der Waals surface area contributed by atoms with E-state index < -0.39 is 20.0 Å². The number of nitrogens with one attached hydrogen (secondary N) is 1. The number of allylic oxidation sites excluding steroid dienone is 9. The highest BCUT2D eigenvalue weighted by Crippen LogP contribution is 2.43. The Bertz CT molecular complexity index is 1600. The van der Waals surface area contributed by atoms with E-state index in [2.05, 4.69) is 74.7 Å². The van der Waals surface area contributed by atoms with Crippen molar-refractivity contribution >= 4 is 19.7 Å². The van der Waals surface area contributed by atoms with Crippen molar-refractivity contribution in [2.75, 3.05) is 40.9 Å². The van der Waals surface area contributed by atoms with Gasteiger partial charge >= 0.3 is 13.8 Å². The molecule has 2 N–H and O–H groups in total. The molecule has 0 aliphatic carbocycles. The highest BCUT2D eigenvalue weighted by molar-refractivity contribution is 7.47. The van der Waals surface area contributed by atoms with Crippen molar-refractivity contribution in [3.05, 3.63) is 60.8 Å². The fraction of sp³-hybridized carbons (Fsp3) is 0.836. The molecule has 0 aliphatic rings. The van der Waals surface area contributed by atoms with E-state index in [0.717, 1.165) is 70.6 Å². The topological polar surface area (TPSA) is 111 Å². The number of phosphoric ester groups is 1. The molecule has 0 fully saturated rings. The van der Waals surface area contributed by atoms with Crippen molar-refractivity contribution in [2.45, 2.75) is 354 Å². The lowest BCUT2D eigenvalue weighted by atomic mass is 10.0. The van der Waals surface area contributed by atoms with E-state index in [9.17, 15) is 19.0 Å². The monoisotopic (exact) mass is 1190 g/mol. The molecular formula is C73H138N2O7P+. The number of amides is 1. The Balaban J connectivity index is 5.10. The number of carbonyl (C=O) groups is 2. The van der Waals surface area contributed by atoms with Gasteiger partial charge in [-0.1, -0.05) is 294 Å². The lowest BCUT2D eigenvalue weighted by Crippen LogP contribution is -2.47. The molecule has 0 spiro atoms. The van der Waals surface area contributed by atoms with Crippen LogP contribution in [0, 0.1) is 0 Å². The Hall–Kier alpha value is -2.29. The Morgan fingerprint density at radius 1 is 0.422 bits per heavy atom. The zero-order valence-corrected chi connectivity index (χ0v) is 56.6. The van der Waals surface area contributed by atoms with Crippen LogP contribution in [0.1, 0.15) is 342 Å². The smallest absolute Gasteiger partial charge is 0.456 e. The van der Waals surface area contributed by atoms with E-state index in [-0.39, 0.29) is 25.1 Å². The molecule has 83 heavy (non-hydrogen) atoms. The van der Waals surface area contributed by atoms with Gasteiger partial charge in [0.25, 0.3) is 0 Å². The third-order valence-electron chi connectivity index (χ3n) is 15.9. The molecule has 10 heteroatoms. The van der Waals surface area contributed by atoms with Crippen LogP contribution in [0.3, 0.4) is 0 Å². The largest absolute Gasteiger partial charge is 0.472 e. The first-order valence-electron chi connectivity index (χ1n) is 35.6. The van der Waals surface area contributed by atoms with Gasteiger partial charge in [0.05, 0.1) is 33.8 Å². The Morgan fingerprint density at radius 2 is 0.735 bits per heavy atom. The summed E-state index contributed by atoms with van der Waals surface area (Å²) in [5, 5.41) is 3.07. The van der Waals surface area contributed by atoms with Crippen molar-refractivity contribution in [3.63, 3.8) is 0 Å². The van der Waals surface area contributed by atoms with Crippen molar-refractivity contribution in [3.8, 4) is 0 Å². The Kier molecular flexibility index (Phi) is 61.0. The molecule has 3 unspecified atom stereocenters. The molecule has 486 valence electrons. The van der Waals surface area contributed by atoms with Gasteiger partial charge in [-0.3, -0.25) is 18.6 Å². The van der Waals surface area contributed by atoms with Gasteiger partial charge in [0, 0.05) is 12.8 Å². The molecule has 0 aromatic heterocycles. The van der Waals surface area contributed by atoms with E-state index in [0.29, 0.717) is 23.9 Å². The number of unbranched alkanes of at least 4 members (excludes halogenated alkanes) is 41. The van der Waals surface area contributed by atoms with Crippen LogP contribution in [0.2, 0.25) is 0 Å². The second-order valence-electron chi connectivity index (χ2n) is 25.4. The summed E-state index contributed by atoms with van der Waals surface area (Å²) >= 11 is 0. The Labute approximate surface area is 515 Å². The Morgan fingerprint density at radius 3 is 1.11 bits per heavy atom. The zero-order valence-electron chi connectivity index (χ0n) is 55.7. The zero-order chi connectivity index (χ0) is 60.7.